The third-order valence-electron chi connectivity index (χ3n) is 8.72. The van der Waals surface area contributed by atoms with Crippen LogP contribution in [0.15, 0.2) is 47.8 Å². The van der Waals surface area contributed by atoms with E-state index in [0.29, 0.717) is 34.5 Å². The first-order valence-electron chi connectivity index (χ1n) is 12.9. The lowest BCUT2D eigenvalue weighted by Crippen LogP contribution is -2.59. The molecular formula is C29H28F3NO4S. The van der Waals surface area contributed by atoms with E-state index in [9.17, 15) is 27.9 Å². The SMILES string of the molecule is O=C(NC(C(=O)O)C12CC3CC(CC(C3)C1)C2)c1ccc2sccc2c1OCc1ccc(C(F)(F)F)cc1. The molecule has 1 amide bonds. The van der Waals surface area contributed by atoms with Gasteiger partial charge in [-0.1, -0.05) is 12.1 Å². The average Bonchev–Trinajstić information content (AvgIpc) is 3.33. The van der Waals surface area contributed by atoms with Crippen LogP contribution in [-0.4, -0.2) is 23.0 Å². The number of halogens is 3. The quantitative estimate of drug-likeness (QED) is 0.340. The molecule has 4 aliphatic carbocycles. The van der Waals surface area contributed by atoms with Crippen molar-refractivity contribution in [1.29, 1.82) is 0 Å². The third-order valence-corrected chi connectivity index (χ3v) is 9.60. The van der Waals surface area contributed by atoms with Crippen molar-refractivity contribution in [1.82, 2.24) is 5.32 Å². The van der Waals surface area contributed by atoms with Gasteiger partial charge in [0.15, 0.2) is 0 Å². The van der Waals surface area contributed by atoms with Gasteiger partial charge in [0, 0.05) is 15.5 Å². The predicted octanol–water partition coefficient (Wildman–Crippen LogP) is 6.90. The number of carboxylic acids is 1. The van der Waals surface area contributed by atoms with Crippen molar-refractivity contribution in [3.8, 4) is 5.75 Å². The molecule has 0 radical (unpaired) electrons. The second-order valence-electron chi connectivity index (χ2n) is 11.3. The van der Waals surface area contributed by atoms with Gasteiger partial charge in [-0.25, -0.2) is 4.79 Å². The van der Waals surface area contributed by atoms with Gasteiger partial charge in [0.2, 0.25) is 0 Å². The first-order chi connectivity index (χ1) is 18.1. The Hall–Kier alpha value is -3.07. The fourth-order valence-electron chi connectivity index (χ4n) is 7.51. The zero-order valence-corrected chi connectivity index (χ0v) is 21.4. The average molecular weight is 544 g/mol. The van der Waals surface area contributed by atoms with Crippen molar-refractivity contribution in [2.24, 2.45) is 23.2 Å². The predicted molar refractivity (Wildman–Crippen MR) is 137 cm³/mol. The summed E-state index contributed by atoms with van der Waals surface area (Å²) in [6, 6.07) is 8.99. The molecule has 9 heteroatoms. The number of hydrogen-bond donors (Lipinski definition) is 2. The number of thiophene rings is 1. The molecular weight excluding hydrogens is 515 g/mol. The lowest BCUT2D eigenvalue weighted by atomic mass is 9.47. The molecule has 4 aliphatic rings. The van der Waals surface area contributed by atoms with E-state index in [1.54, 1.807) is 12.1 Å². The number of carbonyl (C=O) groups is 2. The Bertz CT molecular complexity index is 1350. The van der Waals surface area contributed by atoms with Gasteiger partial charge in [-0.3, -0.25) is 4.79 Å². The molecule has 38 heavy (non-hydrogen) atoms. The zero-order chi connectivity index (χ0) is 26.7. The van der Waals surface area contributed by atoms with Crippen LogP contribution in [0.4, 0.5) is 13.2 Å². The third kappa shape index (κ3) is 4.55. The Balaban J connectivity index is 1.26. The maximum absolute atomic E-state index is 13.6. The lowest BCUT2D eigenvalue weighted by molar-refractivity contribution is -0.150. The maximum Gasteiger partial charge on any atom is 0.416 e. The summed E-state index contributed by atoms with van der Waals surface area (Å²) in [7, 11) is 0. The Morgan fingerprint density at radius 1 is 1.00 bits per heavy atom. The van der Waals surface area contributed by atoms with Crippen LogP contribution in [-0.2, 0) is 17.6 Å². The highest BCUT2D eigenvalue weighted by Gasteiger charge is 2.56. The van der Waals surface area contributed by atoms with E-state index >= 15 is 0 Å². The highest BCUT2D eigenvalue weighted by atomic mass is 32.1. The molecule has 3 aromatic rings. The summed E-state index contributed by atoms with van der Waals surface area (Å²) in [6.45, 7) is -0.0370. The number of benzene rings is 2. The maximum atomic E-state index is 13.6. The van der Waals surface area contributed by atoms with Gasteiger partial charge in [-0.05, 0) is 97.6 Å². The summed E-state index contributed by atoms with van der Waals surface area (Å²) in [5, 5.41) is 15.7. The highest BCUT2D eigenvalue weighted by Crippen LogP contribution is 2.61. The van der Waals surface area contributed by atoms with Gasteiger partial charge < -0.3 is 15.2 Å². The molecule has 5 nitrogen and oxygen atoms in total. The second-order valence-corrected chi connectivity index (χ2v) is 12.2. The molecule has 4 fully saturated rings. The molecule has 200 valence electrons. The number of amides is 1. The van der Waals surface area contributed by atoms with Gasteiger partial charge in [0.05, 0.1) is 11.1 Å². The fraction of sp³-hybridized carbons (Fsp3) is 0.448. The summed E-state index contributed by atoms with van der Waals surface area (Å²) in [6.07, 6.45) is 1.55. The monoisotopic (exact) mass is 543 g/mol. The molecule has 2 N–H and O–H groups in total. The van der Waals surface area contributed by atoms with Crippen molar-refractivity contribution in [2.45, 2.75) is 57.3 Å². The molecule has 4 saturated carbocycles. The molecule has 7 rings (SSSR count). The lowest BCUT2D eigenvalue weighted by Gasteiger charge is -2.58. The molecule has 0 saturated heterocycles. The number of fused-ring (bicyclic) bond motifs is 1. The largest absolute Gasteiger partial charge is 0.487 e. The fourth-order valence-corrected chi connectivity index (χ4v) is 8.30. The topological polar surface area (TPSA) is 75.6 Å². The second kappa shape index (κ2) is 9.29. The molecule has 4 bridgehead atoms. The first-order valence-corrected chi connectivity index (χ1v) is 13.8. The normalized spacial score (nSPS) is 26.9. The number of aliphatic carboxylic acids is 1. The van der Waals surface area contributed by atoms with Crippen LogP contribution in [0.1, 0.15) is 60.0 Å². The van der Waals surface area contributed by atoms with E-state index in [2.05, 4.69) is 5.32 Å². The minimum atomic E-state index is -4.43. The number of hydrogen-bond acceptors (Lipinski definition) is 4. The Labute approximate surface area is 222 Å². The van der Waals surface area contributed by atoms with Gasteiger partial charge in [-0.15, -0.1) is 11.3 Å². The van der Waals surface area contributed by atoms with Crippen LogP contribution < -0.4 is 10.1 Å². The van der Waals surface area contributed by atoms with Crippen LogP contribution in [0.5, 0.6) is 5.75 Å². The van der Waals surface area contributed by atoms with E-state index in [-0.39, 0.29) is 12.2 Å². The van der Waals surface area contributed by atoms with Crippen LogP contribution in [0.25, 0.3) is 10.1 Å². The number of nitrogens with one attached hydrogen (secondary N) is 1. The standard InChI is InChI=1S/C29H28F3NO4S/c30-29(31,32)20-3-1-16(2-4-20)15-37-24-21-7-8-38-23(21)6-5-22(24)26(34)33-25(27(35)36)28-12-17-9-18(13-28)11-19(10-17)14-28/h1-8,17-19,25H,9-15H2,(H,33,34)(H,35,36). The first kappa shape index (κ1) is 25.2. The molecule has 0 spiro atoms. The van der Waals surface area contributed by atoms with Crippen molar-refractivity contribution in [3.05, 3.63) is 64.5 Å². The Morgan fingerprint density at radius 3 is 2.21 bits per heavy atom. The summed E-state index contributed by atoms with van der Waals surface area (Å²) in [4.78, 5) is 26.2. The van der Waals surface area contributed by atoms with Crippen molar-refractivity contribution in [2.75, 3.05) is 0 Å². The Morgan fingerprint density at radius 2 is 1.63 bits per heavy atom. The molecule has 1 unspecified atom stereocenters. The van der Waals surface area contributed by atoms with E-state index < -0.39 is 35.1 Å². The van der Waals surface area contributed by atoms with Gasteiger partial charge in [0.25, 0.3) is 5.91 Å². The number of ether oxygens (including phenoxy) is 1. The number of alkyl halides is 3. The van der Waals surface area contributed by atoms with E-state index in [0.717, 1.165) is 55.4 Å². The number of carboxylic acid groups (broad SMARTS) is 1. The van der Waals surface area contributed by atoms with E-state index in [4.69, 9.17) is 4.74 Å². The zero-order valence-electron chi connectivity index (χ0n) is 20.6. The molecule has 1 heterocycles. The van der Waals surface area contributed by atoms with E-state index in [1.807, 2.05) is 11.4 Å². The minimum Gasteiger partial charge on any atom is -0.487 e. The van der Waals surface area contributed by atoms with Crippen LogP contribution in [0, 0.1) is 23.2 Å². The minimum absolute atomic E-state index is 0.0370. The summed E-state index contributed by atoms with van der Waals surface area (Å²) < 4.78 is 45.7. The molecule has 2 aromatic carbocycles. The van der Waals surface area contributed by atoms with Crippen LogP contribution in [0.3, 0.4) is 0 Å². The molecule has 1 atom stereocenters. The van der Waals surface area contributed by atoms with Crippen LogP contribution >= 0.6 is 11.3 Å². The van der Waals surface area contributed by atoms with Crippen LogP contribution in [0.2, 0.25) is 0 Å². The summed E-state index contributed by atoms with van der Waals surface area (Å²) >= 11 is 1.47. The summed E-state index contributed by atoms with van der Waals surface area (Å²) in [5.41, 5.74) is -0.428. The smallest absolute Gasteiger partial charge is 0.416 e. The number of carbonyl (C=O) groups excluding carboxylic acids is 1. The highest BCUT2D eigenvalue weighted by molar-refractivity contribution is 7.17. The number of rotatable bonds is 7. The van der Waals surface area contributed by atoms with Crippen molar-refractivity contribution >= 4 is 33.3 Å². The Kier molecular flexibility index (Phi) is 6.17. The van der Waals surface area contributed by atoms with Crippen molar-refractivity contribution < 1.29 is 32.6 Å². The summed E-state index contributed by atoms with van der Waals surface area (Å²) in [5.74, 6) is 0.378. The molecule has 1 aromatic heterocycles. The molecule has 0 aliphatic heterocycles. The van der Waals surface area contributed by atoms with E-state index in [1.165, 1.54) is 23.5 Å². The van der Waals surface area contributed by atoms with Gasteiger partial charge in [0.1, 0.15) is 18.4 Å². The van der Waals surface area contributed by atoms with Crippen molar-refractivity contribution in [3.63, 3.8) is 0 Å². The van der Waals surface area contributed by atoms with Gasteiger partial charge >= 0.3 is 12.1 Å². The van der Waals surface area contributed by atoms with Gasteiger partial charge in [-0.2, -0.15) is 13.2 Å².